The van der Waals surface area contributed by atoms with E-state index in [0.717, 1.165) is 0 Å². The zero-order chi connectivity index (χ0) is 16.3. The maximum absolute atomic E-state index is 12.3. The number of nitrogens with one attached hydrogen (secondary N) is 1. The molecule has 2 amide bonds. The van der Waals surface area contributed by atoms with Crippen molar-refractivity contribution in [3.05, 3.63) is 12.2 Å². The number of hydrogen-bond acceptors (Lipinski definition) is 4. The highest BCUT2D eigenvalue weighted by molar-refractivity contribution is 5.89. The van der Waals surface area contributed by atoms with Gasteiger partial charge in [0.2, 0.25) is 11.8 Å². The zero-order valence-corrected chi connectivity index (χ0v) is 11.9. The lowest BCUT2D eigenvalue weighted by Crippen LogP contribution is -2.37. The molecule has 1 saturated heterocycles. The average Bonchev–Trinajstić information content (AvgIpc) is 3.01. The van der Waals surface area contributed by atoms with Crippen molar-refractivity contribution in [1.29, 1.82) is 0 Å². The number of amides is 2. The van der Waals surface area contributed by atoms with Gasteiger partial charge in [0, 0.05) is 19.5 Å². The van der Waals surface area contributed by atoms with Crippen LogP contribution in [0.5, 0.6) is 0 Å². The number of aryl methyl sites for hydroxylation is 1. The molecule has 0 aliphatic carbocycles. The highest BCUT2D eigenvalue weighted by Gasteiger charge is 2.40. The first-order valence-corrected chi connectivity index (χ1v) is 6.79. The molecular weight excluding hydrogens is 303 g/mol. The van der Waals surface area contributed by atoms with Gasteiger partial charge in [-0.3, -0.25) is 9.59 Å². The van der Waals surface area contributed by atoms with Gasteiger partial charge >= 0.3 is 6.18 Å². The van der Waals surface area contributed by atoms with Crippen LogP contribution in [0.1, 0.15) is 19.2 Å². The summed E-state index contributed by atoms with van der Waals surface area (Å²) < 4.78 is 38.7. The molecule has 0 aromatic carbocycles. The summed E-state index contributed by atoms with van der Waals surface area (Å²) in [5.41, 5.74) is 0. The first-order chi connectivity index (χ1) is 10.3. The van der Waals surface area contributed by atoms with E-state index < -0.39 is 30.5 Å². The third-order valence-electron chi connectivity index (χ3n) is 3.41. The van der Waals surface area contributed by atoms with Crippen LogP contribution in [0.25, 0.3) is 0 Å². The molecule has 1 aliphatic rings. The smallest absolute Gasteiger partial charge is 0.348 e. The number of carbonyl (C=O) groups excluding carboxylic acids is 2. The van der Waals surface area contributed by atoms with Crippen LogP contribution < -0.4 is 5.32 Å². The molecule has 1 aromatic heterocycles. The number of halogens is 3. The number of rotatable bonds is 5. The van der Waals surface area contributed by atoms with E-state index in [4.69, 9.17) is 0 Å². The van der Waals surface area contributed by atoms with Gasteiger partial charge < -0.3 is 14.8 Å². The van der Waals surface area contributed by atoms with E-state index in [0.29, 0.717) is 17.3 Å². The zero-order valence-electron chi connectivity index (χ0n) is 11.9. The van der Waals surface area contributed by atoms with E-state index in [2.05, 4.69) is 15.5 Å². The van der Waals surface area contributed by atoms with E-state index >= 15 is 0 Å². The largest absolute Gasteiger partial charge is 0.406 e. The van der Waals surface area contributed by atoms with Crippen molar-refractivity contribution in [2.45, 2.75) is 32.6 Å². The minimum absolute atomic E-state index is 0.122. The summed E-state index contributed by atoms with van der Waals surface area (Å²) >= 11 is 0. The van der Waals surface area contributed by atoms with Gasteiger partial charge in [-0.1, -0.05) is 0 Å². The van der Waals surface area contributed by atoms with E-state index in [9.17, 15) is 22.8 Å². The van der Waals surface area contributed by atoms with Crippen molar-refractivity contribution in [2.75, 3.05) is 13.1 Å². The van der Waals surface area contributed by atoms with Gasteiger partial charge in [-0.25, -0.2) is 0 Å². The number of likely N-dealkylation sites (tertiary alicyclic amines) is 1. The fourth-order valence-electron chi connectivity index (χ4n) is 2.31. The van der Waals surface area contributed by atoms with Crippen molar-refractivity contribution in [1.82, 2.24) is 25.0 Å². The van der Waals surface area contributed by atoms with Gasteiger partial charge in [0.15, 0.2) is 5.82 Å². The van der Waals surface area contributed by atoms with Gasteiger partial charge in [0.05, 0.1) is 12.5 Å². The number of nitrogens with zero attached hydrogens (tertiary/aromatic N) is 4. The second-order valence-corrected chi connectivity index (χ2v) is 5.04. The van der Waals surface area contributed by atoms with Crippen molar-refractivity contribution in [2.24, 2.45) is 5.92 Å². The van der Waals surface area contributed by atoms with Crippen molar-refractivity contribution in [3.63, 3.8) is 0 Å². The Morgan fingerprint density at radius 2 is 2.23 bits per heavy atom. The Morgan fingerprint density at radius 3 is 2.86 bits per heavy atom. The Balaban J connectivity index is 1.87. The summed E-state index contributed by atoms with van der Waals surface area (Å²) in [5.74, 6) is -1.34. The summed E-state index contributed by atoms with van der Waals surface area (Å²) in [6.45, 7) is 1.11. The van der Waals surface area contributed by atoms with E-state index in [1.165, 1.54) is 6.33 Å². The molecule has 0 unspecified atom stereocenters. The second-order valence-electron chi connectivity index (χ2n) is 5.04. The van der Waals surface area contributed by atoms with Crippen LogP contribution in [0, 0.1) is 5.92 Å². The third kappa shape index (κ3) is 3.95. The molecule has 2 heterocycles. The maximum atomic E-state index is 12.3. The quantitative estimate of drug-likeness (QED) is 0.848. The highest BCUT2D eigenvalue weighted by atomic mass is 19.4. The monoisotopic (exact) mass is 319 g/mol. The summed E-state index contributed by atoms with van der Waals surface area (Å²) in [6, 6.07) is 0. The van der Waals surface area contributed by atoms with Crippen LogP contribution in [-0.4, -0.2) is 50.7 Å². The number of carbonyl (C=O) groups is 2. The molecule has 1 N–H and O–H groups in total. The van der Waals surface area contributed by atoms with Crippen LogP contribution in [0.4, 0.5) is 13.2 Å². The number of alkyl halides is 3. The SMILES string of the molecule is CCn1cnnc1CNC(=O)[C@@H]1CC(=O)N(CC(F)(F)F)C1. The van der Waals surface area contributed by atoms with Gasteiger partial charge in [0.25, 0.3) is 0 Å². The number of hydrogen-bond donors (Lipinski definition) is 1. The topological polar surface area (TPSA) is 80.1 Å². The molecule has 0 saturated carbocycles. The lowest BCUT2D eigenvalue weighted by molar-refractivity contribution is -0.157. The molecule has 1 fully saturated rings. The van der Waals surface area contributed by atoms with Gasteiger partial charge in [-0.15, -0.1) is 10.2 Å². The Hall–Kier alpha value is -2.13. The number of aromatic nitrogens is 3. The molecule has 1 aromatic rings. The minimum Gasteiger partial charge on any atom is -0.348 e. The standard InChI is InChI=1S/C12H16F3N5O2/c1-2-19-7-17-18-9(19)4-16-11(22)8-3-10(21)20(5-8)6-12(13,14)15/h7-8H,2-6H2,1H3,(H,16,22)/t8-/m1/s1. The normalized spacial score (nSPS) is 18.8. The predicted molar refractivity (Wildman–Crippen MR) is 68.3 cm³/mol. The summed E-state index contributed by atoms with van der Waals surface area (Å²) in [6.07, 6.45) is -3.15. The molecule has 122 valence electrons. The second kappa shape index (κ2) is 6.32. The first-order valence-electron chi connectivity index (χ1n) is 6.79. The van der Waals surface area contributed by atoms with Crippen molar-refractivity contribution in [3.8, 4) is 0 Å². The predicted octanol–water partition coefficient (Wildman–Crippen LogP) is 0.325. The molecule has 1 aliphatic heterocycles. The first kappa shape index (κ1) is 16.2. The molecule has 2 rings (SSSR count). The van der Waals surface area contributed by atoms with Crippen molar-refractivity contribution >= 4 is 11.8 Å². The van der Waals surface area contributed by atoms with Crippen molar-refractivity contribution < 1.29 is 22.8 Å². The highest BCUT2D eigenvalue weighted by Crippen LogP contribution is 2.23. The lowest BCUT2D eigenvalue weighted by atomic mass is 10.1. The van der Waals surface area contributed by atoms with Crippen LogP contribution >= 0.6 is 0 Å². The Bertz CT molecular complexity index is 557. The Labute approximate surface area is 124 Å². The minimum atomic E-state index is -4.46. The Morgan fingerprint density at radius 1 is 1.50 bits per heavy atom. The van der Waals surface area contributed by atoms with Crippen LogP contribution in [0.3, 0.4) is 0 Å². The van der Waals surface area contributed by atoms with Gasteiger partial charge in [0.1, 0.15) is 12.9 Å². The molecule has 22 heavy (non-hydrogen) atoms. The fourth-order valence-corrected chi connectivity index (χ4v) is 2.31. The summed E-state index contributed by atoms with van der Waals surface area (Å²) in [5, 5.41) is 10.1. The fraction of sp³-hybridized carbons (Fsp3) is 0.667. The molecule has 0 bridgehead atoms. The van der Waals surface area contributed by atoms with E-state index in [1.807, 2.05) is 6.92 Å². The third-order valence-corrected chi connectivity index (χ3v) is 3.41. The average molecular weight is 319 g/mol. The molecule has 10 heteroatoms. The van der Waals surface area contributed by atoms with E-state index in [-0.39, 0.29) is 19.5 Å². The summed E-state index contributed by atoms with van der Waals surface area (Å²) in [4.78, 5) is 24.2. The molecule has 7 nitrogen and oxygen atoms in total. The summed E-state index contributed by atoms with van der Waals surface area (Å²) in [7, 11) is 0. The molecule has 0 radical (unpaired) electrons. The van der Waals surface area contributed by atoms with Crippen LogP contribution in [0.2, 0.25) is 0 Å². The van der Waals surface area contributed by atoms with Gasteiger partial charge in [-0.05, 0) is 6.92 Å². The van der Waals surface area contributed by atoms with Gasteiger partial charge in [-0.2, -0.15) is 13.2 Å². The molecule has 0 spiro atoms. The van der Waals surface area contributed by atoms with Crippen LogP contribution in [-0.2, 0) is 22.7 Å². The lowest BCUT2D eigenvalue weighted by Gasteiger charge is -2.18. The maximum Gasteiger partial charge on any atom is 0.406 e. The molecular formula is C12H16F3N5O2. The Kier molecular flexibility index (Phi) is 4.67. The van der Waals surface area contributed by atoms with E-state index in [1.54, 1.807) is 4.57 Å². The van der Waals surface area contributed by atoms with Crippen LogP contribution in [0.15, 0.2) is 6.33 Å². The molecule has 1 atom stereocenters.